The van der Waals surface area contributed by atoms with E-state index >= 15 is 0 Å². The van der Waals surface area contributed by atoms with Crippen molar-refractivity contribution in [1.29, 1.82) is 0 Å². The molecule has 2 unspecified atom stereocenters. The van der Waals surface area contributed by atoms with E-state index in [4.69, 9.17) is 0 Å². The van der Waals surface area contributed by atoms with Gasteiger partial charge in [-0.3, -0.25) is 9.78 Å². The lowest BCUT2D eigenvalue weighted by Crippen LogP contribution is -2.53. The maximum absolute atomic E-state index is 12.5. The maximum Gasteiger partial charge on any atom is 0.224 e. The standard InChI is InChI=1S/C17H21BrN2O/c18-17-8-12-5-13(9-17)7-16(6-12,11-17)10-15(21)20-14-1-3-19-4-2-14/h1-4,12-13H,5-11H2,(H,19,20,21). The summed E-state index contributed by atoms with van der Waals surface area (Å²) >= 11 is 4.01. The third-order valence-corrected chi connectivity index (χ3v) is 6.54. The largest absolute Gasteiger partial charge is 0.326 e. The number of carbonyl (C=O) groups excluding carboxylic acids is 1. The molecule has 1 heterocycles. The zero-order valence-electron chi connectivity index (χ0n) is 12.1. The Hall–Kier alpha value is -0.900. The molecule has 4 aliphatic carbocycles. The summed E-state index contributed by atoms with van der Waals surface area (Å²) < 4.78 is 0.327. The molecule has 4 heteroatoms. The zero-order chi connectivity index (χ0) is 14.5. The topological polar surface area (TPSA) is 42.0 Å². The van der Waals surface area contributed by atoms with E-state index in [-0.39, 0.29) is 11.3 Å². The van der Waals surface area contributed by atoms with Crippen molar-refractivity contribution in [2.24, 2.45) is 17.3 Å². The Kier molecular flexibility index (Phi) is 3.14. The molecule has 0 aromatic carbocycles. The summed E-state index contributed by atoms with van der Waals surface area (Å²) in [7, 11) is 0. The first-order valence-corrected chi connectivity index (χ1v) is 8.72. The summed E-state index contributed by atoms with van der Waals surface area (Å²) in [6.45, 7) is 0. The summed E-state index contributed by atoms with van der Waals surface area (Å²) in [6, 6.07) is 3.70. The lowest BCUT2D eigenvalue weighted by Gasteiger charge is -2.60. The zero-order valence-corrected chi connectivity index (χ0v) is 13.7. The second kappa shape index (κ2) is 4.80. The number of anilines is 1. The molecule has 1 amide bonds. The van der Waals surface area contributed by atoms with Crippen LogP contribution >= 0.6 is 15.9 Å². The van der Waals surface area contributed by atoms with Crippen LogP contribution in [0.15, 0.2) is 24.5 Å². The van der Waals surface area contributed by atoms with Crippen LogP contribution in [0.5, 0.6) is 0 Å². The number of hydrogen-bond donors (Lipinski definition) is 1. The first-order valence-electron chi connectivity index (χ1n) is 7.93. The van der Waals surface area contributed by atoms with Crippen molar-refractivity contribution in [2.45, 2.75) is 49.3 Å². The minimum absolute atomic E-state index is 0.166. The predicted molar refractivity (Wildman–Crippen MR) is 86.3 cm³/mol. The van der Waals surface area contributed by atoms with E-state index < -0.39 is 0 Å². The molecule has 4 aliphatic rings. The highest BCUT2D eigenvalue weighted by atomic mass is 79.9. The SMILES string of the molecule is O=C(CC12CC3CC(CC(Br)(C3)C1)C2)Nc1ccncc1. The highest BCUT2D eigenvalue weighted by Crippen LogP contribution is 2.65. The highest BCUT2D eigenvalue weighted by Gasteiger charge is 2.57. The fraction of sp³-hybridized carbons (Fsp3) is 0.647. The average Bonchev–Trinajstić information content (AvgIpc) is 2.35. The Bertz CT molecular complexity index is 545. The van der Waals surface area contributed by atoms with Gasteiger partial charge in [-0.15, -0.1) is 0 Å². The minimum Gasteiger partial charge on any atom is -0.326 e. The molecule has 1 aromatic rings. The number of alkyl halides is 1. The van der Waals surface area contributed by atoms with Crippen LogP contribution in [0.1, 0.15) is 44.9 Å². The van der Waals surface area contributed by atoms with Gasteiger partial charge in [-0.25, -0.2) is 0 Å². The number of pyridine rings is 1. The van der Waals surface area contributed by atoms with Crippen molar-refractivity contribution in [1.82, 2.24) is 4.98 Å². The number of carbonyl (C=O) groups is 1. The second-order valence-corrected chi connectivity index (χ2v) is 9.25. The number of nitrogens with zero attached hydrogens (tertiary/aromatic N) is 1. The lowest BCUT2D eigenvalue weighted by molar-refractivity contribution is -0.123. The van der Waals surface area contributed by atoms with Gasteiger partial charge in [-0.1, -0.05) is 15.9 Å². The average molecular weight is 349 g/mol. The molecule has 4 saturated carbocycles. The van der Waals surface area contributed by atoms with Gasteiger partial charge < -0.3 is 5.32 Å². The molecule has 1 N–H and O–H groups in total. The quantitative estimate of drug-likeness (QED) is 0.834. The lowest BCUT2D eigenvalue weighted by atomic mass is 9.48. The van der Waals surface area contributed by atoms with E-state index in [1.807, 2.05) is 12.1 Å². The van der Waals surface area contributed by atoms with Crippen LogP contribution in [0, 0.1) is 17.3 Å². The molecule has 4 fully saturated rings. The van der Waals surface area contributed by atoms with Crippen molar-refractivity contribution >= 4 is 27.5 Å². The number of hydrogen-bond acceptors (Lipinski definition) is 2. The van der Waals surface area contributed by atoms with Gasteiger partial charge in [0.05, 0.1) is 0 Å². The van der Waals surface area contributed by atoms with Gasteiger partial charge >= 0.3 is 0 Å². The van der Waals surface area contributed by atoms with E-state index in [0.29, 0.717) is 10.7 Å². The first-order chi connectivity index (χ1) is 10.0. The van der Waals surface area contributed by atoms with Crippen LogP contribution in [-0.4, -0.2) is 15.2 Å². The molecular formula is C17H21BrN2O. The molecular weight excluding hydrogens is 328 g/mol. The van der Waals surface area contributed by atoms with Gasteiger partial charge in [-0.05, 0) is 67.9 Å². The summed E-state index contributed by atoms with van der Waals surface area (Å²) in [6.07, 6.45) is 11.8. The van der Waals surface area contributed by atoms with Crippen LogP contribution in [0.2, 0.25) is 0 Å². The van der Waals surface area contributed by atoms with Crippen molar-refractivity contribution in [3.63, 3.8) is 0 Å². The molecule has 112 valence electrons. The Morgan fingerprint density at radius 1 is 1.24 bits per heavy atom. The van der Waals surface area contributed by atoms with Crippen LogP contribution in [0.4, 0.5) is 5.69 Å². The van der Waals surface area contributed by atoms with E-state index in [2.05, 4.69) is 26.2 Å². The van der Waals surface area contributed by atoms with Gasteiger partial charge in [0.1, 0.15) is 0 Å². The fourth-order valence-electron chi connectivity index (χ4n) is 5.52. The molecule has 1 aromatic heterocycles. The van der Waals surface area contributed by atoms with E-state index in [0.717, 1.165) is 17.5 Å². The highest BCUT2D eigenvalue weighted by molar-refractivity contribution is 9.10. The molecule has 3 nitrogen and oxygen atoms in total. The third kappa shape index (κ3) is 2.63. The molecule has 5 rings (SSSR count). The van der Waals surface area contributed by atoms with Crippen LogP contribution in [0.25, 0.3) is 0 Å². The van der Waals surface area contributed by atoms with Gasteiger partial charge in [-0.2, -0.15) is 0 Å². The van der Waals surface area contributed by atoms with Crippen molar-refractivity contribution < 1.29 is 4.79 Å². The third-order valence-electron chi connectivity index (χ3n) is 5.61. The molecule has 2 atom stereocenters. The Balaban J connectivity index is 1.48. The predicted octanol–water partition coefficient (Wildman–Crippen LogP) is 4.14. The second-order valence-electron chi connectivity index (χ2n) is 7.57. The maximum atomic E-state index is 12.5. The Labute approximate surface area is 134 Å². The van der Waals surface area contributed by atoms with Crippen LogP contribution in [-0.2, 0) is 4.79 Å². The van der Waals surface area contributed by atoms with Gasteiger partial charge in [0.15, 0.2) is 0 Å². The van der Waals surface area contributed by atoms with E-state index in [1.165, 1.54) is 38.5 Å². The van der Waals surface area contributed by atoms with Crippen molar-refractivity contribution in [2.75, 3.05) is 5.32 Å². The number of halogens is 1. The van der Waals surface area contributed by atoms with Crippen LogP contribution in [0.3, 0.4) is 0 Å². The first kappa shape index (κ1) is 13.7. The molecule has 21 heavy (non-hydrogen) atoms. The number of aromatic nitrogens is 1. The molecule has 4 bridgehead atoms. The number of amides is 1. The summed E-state index contributed by atoms with van der Waals surface area (Å²) in [5.74, 6) is 1.83. The number of nitrogens with one attached hydrogen (secondary N) is 1. The van der Waals surface area contributed by atoms with Gasteiger partial charge in [0, 0.05) is 28.8 Å². The Morgan fingerprint density at radius 3 is 2.52 bits per heavy atom. The molecule has 0 radical (unpaired) electrons. The van der Waals surface area contributed by atoms with E-state index in [1.54, 1.807) is 12.4 Å². The minimum atomic E-state index is 0.166. The fourth-order valence-corrected chi connectivity index (χ4v) is 7.03. The summed E-state index contributed by atoms with van der Waals surface area (Å²) in [5.41, 5.74) is 1.10. The summed E-state index contributed by atoms with van der Waals surface area (Å²) in [4.78, 5) is 16.4. The summed E-state index contributed by atoms with van der Waals surface area (Å²) in [5, 5.41) is 3.04. The smallest absolute Gasteiger partial charge is 0.224 e. The Morgan fingerprint density at radius 2 is 1.90 bits per heavy atom. The monoisotopic (exact) mass is 348 g/mol. The molecule has 0 saturated heterocycles. The van der Waals surface area contributed by atoms with Crippen molar-refractivity contribution in [3.05, 3.63) is 24.5 Å². The van der Waals surface area contributed by atoms with E-state index in [9.17, 15) is 4.79 Å². The normalized spacial score (nSPS) is 40.2. The molecule has 0 aliphatic heterocycles. The van der Waals surface area contributed by atoms with Crippen LogP contribution < -0.4 is 5.32 Å². The van der Waals surface area contributed by atoms with Gasteiger partial charge in [0.25, 0.3) is 0 Å². The molecule has 0 spiro atoms. The van der Waals surface area contributed by atoms with Crippen molar-refractivity contribution in [3.8, 4) is 0 Å². The van der Waals surface area contributed by atoms with Gasteiger partial charge in [0.2, 0.25) is 5.91 Å². The number of rotatable bonds is 3.